The van der Waals surface area contributed by atoms with E-state index < -0.39 is 16.2 Å². The van der Waals surface area contributed by atoms with E-state index >= 15 is 0 Å². The molecule has 1 aromatic rings. The molecule has 0 aromatic carbocycles. The highest BCUT2D eigenvalue weighted by Gasteiger charge is 2.14. The van der Waals surface area contributed by atoms with E-state index in [-0.39, 0.29) is 6.61 Å². The van der Waals surface area contributed by atoms with Crippen LogP contribution >= 0.6 is 0 Å². The van der Waals surface area contributed by atoms with Crippen molar-refractivity contribution in [2.75, 3.05) is 12.9 Å². The van der Waals surface area contributed by atoms with E-state index in [9.17, 15) is 13.2 Å². The van der Waals surface area contributed by atoms with Crippen molar-refractivity contribution in [3.8, 4) is 5.75 Å². The van der Waals surface area contributed by atoms with Gasteiger partial charge in [-0.25, -0.2) is 4.98 Å². The molecule has 0 spiro atoms. The number of aromatic nitrogens is 1. The summed E-state index contributed by atoms with van der Waals surface area (Å²) in [5, 5.41) is 0. The van der Waals surface area contributed by atoms with Crippen LogP contribution in [0.15, 0.2) is 18.3 Å². The third-order valence-electron chi connectivity index (χ3n) is 2.08. The van der Waals surface area contributed by atoms with Crippen LogP contribution in [-0.2, 0) is 14.3 Å². The Balaban J connectivity index is 2.54. The van der Waals surface area contributed by atoms with Gasteiger partial charge in [0.25, 0.3) is 10.1 Å². The molecular weight excluding hydrogens is 258 g/mol. The summed E-state index contributed by atoms with van der Waals surface area (Å²) < 4.78 is 32.1. The Bertz CT molecular complexity index is 483. The van der Waals surface area contributed by atoms with E-state index in [4.69, 9.17) is 8.92 Å². The normalized spacial score (nSPS) is 13.0. The van der Waals surface area contributed by atoms with Gasteiger partial charge in [-0.2, -0.15) is 8.42 Å². The smallest absolute Gasteiger partial charge is 0.264 e. The van der Waals surface area contributed by atoms with Gasteiger partial charge in [0.15, 0.2) is 6.29 Å². The van der Waals surface area contributed by atoms with Gasteiger partial charge in [-0.1, -0.05) is 6.92 Å². The summed E-state index contributed by atoms with van der Waals surface area (Å²) in [6, 6.07) is 3.10. The first-order chi connectivity index (χ1) is 8.44. The quantitative estimate of drug-likeness (QED) is 0.545. The first-order valence-corrected chi connectivity index (χ1v) is 7.18. The van der Waals surface area contributed by atoms with E-state index in [2.05, 4.69) is 4.98 Å². The summed E-state index contributed by atoms with van der Waals surface area (Å²) in [7, 11) is -3.49. The minimum absolute atomic E-state index is 0.103. The standard InChI is InChI=1S/C11H15NO5S/c1-3-10(17-18(2,14)15)8-16-11-5-4-9(7-13)12-6-11/h4-7,10H,3,8H2,1-2H3. The van der Waals surface area contributed by atoms with Crippen molar-refractivity contribution in [2.24, 2.45) is 0 Å². The molecule has 18 heavy (non-hydrogen) atoms. The summed E-state index contributed by atoms with van der Waals surface area (Å²) in [4.78, 5) is 14.2. The lowest BCUT2D eigenvalue weighted by Crippen LogP contribution is -2.24. The van der Waals surface area contributed by atoms with E-state index in [1.165, 1.54) is 12.3 Å². The fourth-order valence-corrected chi connectivity index (χ4v) is 1.88. The molecule has 0 bridgehead atoms. The van der Waals surface area contributed by atoms with Gasteiger partial charge in [0.2, 0.25) is 0 Å². The van der Waals surface area contributed by atoms with Crippen molar-refractivity contribution < 1.29 is 22.1 Å². The molecule has 1 aromatic heterocycles. The Morgan fingerprint density at radius 2 is 2.17 bits per heavy atom. The molecule has 0 aliphatic carbocycles. The fraction of sp³-hybridized carbons (Fsp3) is 0.455. The second-order valence-electron chi connectivity index (χ2n) is 3.68. The Kier molecular flexibility index (Phi) is 5.24. The van der Waals surface area contributed by atoms with Crippen LogP contribution in [0.25, 0.3) is 0 Å². The molecule has 0 saturated carbocycles. The SMILES string of the molecule is CCC(COc1ccc(C=O)nc1)OS(C)(=O)=O. The Morgan fingerprint density at radius 3 is 2.61 bits per heavy atom. The number of carbonyl (C=O) groups excluding carboxylic acids is 1. The van der Waals surface area contributed by atoms with E-state index in [0.717, 1.165) is 6.26 Å². The average Bonchev–Trinajstić information content (AvgIpc) is 2.33. The first-order valence-electron chi connectivity index (χ1n) is 5.37. The lowest BCUT2D eigenvalue weighted by atomic mass is 10.3. The maximum atomic E-state index is 11.0. The van der Waals surface area contributed by atoms with Crippen molar-refractivity contribution in [3.63, 3.8) is 0 Å². The minimum Gasteiger partial charge on any atom is -0.489 e. The Labute approximate surface area is 106 Å². The first kappa shape index (κ1) is 14.6. The Hall–Kier alpha value is -1.47. The molecule has 0 fully saturated rings. The maximum absolute atomic E-state index is 11.0. The topological polar surface area (TPSA) is 82.6 Å². The van der Waals surface area contributed by atoms with Crippen LogP contribution in [0.2, 0.25) is 0 Å². The number of pyridine rings is 1. The van der Waals surface area contributed by atoms with Crippen molar-refractivity contribution in [3.05, 3.63) is 24.0 Å². The zero-order valence-electron chi connectivity index (χ0n) is 10.2. The predicted octanol–water partition coefficient (Wildman–Crippen LogP) is 1.03. The number of hydrogen-bond acceptors (Lipinski definition) is 6. The Morgan fingerprint density at radius 1 is 1.44 bits per heavy atom. The van der Waals surface area contributed by atoms with E-state index in [0.29, 0.717) is 24.2 Å². The lowest BCUT2D eigenvalue weighted by molar-refractivity contribution is 0.111. The van der Waals surface area contributed by atoms with Crippen molar-refractivity contribution in [2.45, 2.75) is 19.4 Å². The third-order valence-corrected chi connectivity index (χ3v) is 2.70. The van der Waals surface area contributed by atoms with Crippen LogP contribution in [-0.4, -0.2) is 38.7 Å². The van der Waals surface area contributed by atoms with Crippen LogP contribution in [0.3, 0.4) is 0 Å². The molecule has 1 atom stereocenters. The van der Waals surface area contributed by atoms with Gasteiger partial charge in [0.1, 0.15) is 24.2 Å². The highest BCUT2D eigenvalue weighted by Crippen LogP contribution is 2.11. The number of nitrogens with zero attached hydrogens (tertiary/aromatic N) is 1. The molecule has 6 nitrogen and oxygen atoms in total. The molecule has 0 amide bonds. The number of hydrogen-bond donors (Lipinski definition) is 0. The number of carbonyl (C=O) groups is 1. The summed E-state index contributed by atoms with van der Waals surface area (Å²) in [5.41, 5.74) is 0.307. The summed E-state index contributed by atoms with van der Waals surface area (Å²) >= 11 is 0. The minimum atomic E-state index is -3.49. The van der Waals surface area contributed by atoms with Gasteiger partial charge in [0.05, 0.1) is 12.5 Å². The van der Waals surface area contributed by atoms with Gasteiger partial charge in [-0.05, 0) is 18.6 Å². The summed E-state index contributed by atoms with van der Waals surface area (Å²) in [6.07, 6.45) is 3.00. The van der Waals surface area contributed by atoms with Gasteiger partial charge in [0, 0.05) is 0 Å². The molecule has 100 valence electrons. The summed E-state index contributed by atoms with van der Waals surface area (Å²) in [5.74, 6) is 0.455. The van der Waals surface area contributed by atoms with Crippen LogP contribution in [0.5, 0.6) is 5.75 Å². The fourth-order valence-electron chi connectivity index (χ4n) is 1.20. The van der Waals surface area contributed by atoms with Crippen molar-refractivity contribution in [1.29, 1.82) is 0 Å². The zero-order valence-corrected chi connectivity index (χ0v) is 11.0. The van der Waals surface area contributed by atoms with Gasteiger partial charge < -0.3 is 4.74 Å². The second kappa shape index (κ2) is 6.46. The van der Waals surface area contributed by atoms with Gasteiger partial charge >= 0.3 is 0 Å². The average molecular weight is 273 g/mol. The molecule has 0 saturated heterocycles. The molecule has 1 heterocycles. The van der Waals surface area contributed by atoms with Crippen LogP contribution in [0, 0.1) is 0 Å². The van der Waals surface area contributed by atoms with Crippen LogP contribution in [0.1, 0.15) is 23.8 Å². The molecule has 1 unspecified atom stereocenters. The highest BCUT2D eigenvalue weighted by atomic mass is 32.2. The monoisotopic (exact) mass is 273 g/mol. The molecule has 0 aliphatic heterocycles. The molecule has 0 radical (unpaired) electrons. The van der Waals surface area contributed by atoms with Gasteiger partial charge in [-0.3, -0.25) is 8.98 Å². The maximum Gasteiger partial charge on any atom is 0.264 e. The van der Waals surface area contributed by atoms with E-state index in [1.807, 2.05) is 0 Å². The third kappa shape index (κ3) is 5.24. The number of ether oxygens (including phenoxy) is 1. The highest BCUT2D eigenvalue weighted by molar-refractivity contribution is 7.86. The number of aldehydes is 1. The lowest BCUT2D eigenvalue weighted by Gasteiger charge is -2.15. The van der Waals surface area contributed by atoms with Crippen LogP contribution < -0.4 is 4.74 Å². The van der Waals surface area contributed by atoms with Gasteiger partial charge in [-0.15, -0.1) is 0 Å². The molecule has 0 aliphatic rings. The zero-order chi connectivity index (χ0) is 13.6. The molecule has 0 N–H and O–H groups in total. The molecular formula is C11H15NO5S. The van der Waals surface area contributed by atoms with Crippen molar-refractivity contribution in [1.82, 2.24) is 4.98 Å². The van der Waals surface area contributed by atoms with Crippen molar-refractivity contribution >= 4 is 16.4 Å². The predicted molar refractivity (Wildman–Crippen MR) is 65.1 cm³/mol. The van der Waals surface area contributed by atoms with Crippen LogP contribution in [0.4, 0.5) is 0 Å². The summed E-state index contributed by atoms with van der Waals surface area (Å²) in [6.45, 7) is 1.90. The second-order valence-corrected chi connectivity index (χ2v) is 5.28. The number of rotatable bonds is 7. The van der Waals surface area contributed by atoms with E-state index in [1.54, 1.807) is 13.0 Å². The molecule has 7 heteroatoms. The largest absolute Gasteiger partial charge is 0.489 e. The molecule has 1 rings (SSSR count).